The average molecular weight is 375 g/mol. The van der Waals surface area contributed by atoms with Crippen LogP contribution in [-0.4, -0.2) is 33.9 Å². The molecule has 0 radical (unpaired) electrons. The molecule has 2 aromatic carbocycles. The summed E-state index contributed by atoms with van der Waals surface area (Å²) in [6.07, 6.45) is 6.24. The number of aromatic amines is 2. The summed E-state index contributed by atoms with van der Waals surface area (Å²) in [5.74, 6) is 0.360. The van der Waals surface area contributed by atoms with Crippen LogP contribution in [0.3, 0.4) is 0 Å². The van der Waals surface area contributed by atoms with Gasteiger partial charge in [0, 0.05) is 47.3 Å². The maximum Gasteiger partial charge on any atom is 0.227 e. The molecule has 3 heterocycles. The third-order valence-corrected chi connectivity index (χ3v) is 5.98. The molecule has 2 aromatic heterocycles. The van der Waals surface area contributed by atoms with Crippen LogP contribution >= 0.6 is 0 Å². The number of hydrogen-bond acceptors (Lipinski definition) is 1. The Labute approximate surface area is 162 Å². The van der Waals surface area contributed by atoms with Gasteiger partial charge in [-0.1, -0.05) is 18.2 Å². The molecule has 1 aliphatic rings. The second kappa shape index (κ2) is 6.82. The highest BCUT2D eigenvalue weighted by Crippen LogP contribution is 2.33. The summed E-state index contributed by atoms with van der Waals surface area (Å²) in [4.78, 5) is 21.2. The summed E-state index contributed by atoms with van der Waals surface area (Å²) < 4.78 is 13.4. The summed E-state index contributed by atoms with van der Waals surface area (Å²) in [6.45, 7) is 1.53. The van der Waals surface area contributed by atoms with Crippen molar-refractivity contribution in [1.82, 2.24) is 14.9 Å². The molecule has 5 rings (SSSR count). The maximum absolute atomic E-state index is 13.4. The van der Waals surface area contributed by atoms with Gasteiger partial charge in [0.1, 0.15) is 5.82 Å². The Morgan fingerprint density at radius 3 is 2.64 bits per heavy atom. The van der Waals surface area contributed by atoms with Gasteiger partial charge in [-0.15, -0.1) is 0 Å². The molecule has 1 fully saturated rings. The highest BCUT2D eigenvalue weighted by Gasteiger charge is 2.26. The number of H-pyrrole nitrogens is 2. The summed E-state index contributed by atoms with van der Waals surface area (Å²) in [5.41, 5.74) is 4.20. The van der Waals surface area contributed by atoms with E-state index >= 15 is 0 Å². The number of carbonyl (C=O) groups excluding carboxylic acids is 1. The third-order valence-electron chi connectivity index (χ3n) is 5.98. The number of fused-ring (bicyclic) bond motifs is 2. The van der Waals surface area contributed by atoms with Gasteiger partial charge in [0.25, 0.3) is 0 Å². The van der Waals surface area contributed by atoms with Crippen molar-refractivity contribution in [2.24, 2.45) is 0 Å². The molecular weight excluding hydrogens is 353 g/mol. The van der Waals surface area contributed by atoms with E-state index in [1.165, 1.54) is 11.6 Å². The number of likely N-dealkylation sites (tertiary alicyclic amines) is 1. The van der Waals surface area contributed by atoms with Gasteiger partial charge in [-0.25, -0.2) is 4.39 Å². The van der Waals surface area contributed by atoms with E-state index in [0.717, 1.165) is 53.3 Å². The number of hydrogen-bond donors (Lipinski definition) is 2. The SMILES string of the molecule is O=C(Cc1c[nH]c2ccccc12)N1CCC(c2c[nH]c3cc(F)ccc23)CC1. The molecule has 0 spiro atoms. The van der Waals surface area contributed by atoms with Crippen LogP contribution in [0.4, 0.5) is 4.39 Å². The van der Waals surface area contributed by atoms with Crippen LogP contribution in [0, 0.1) is 5.82 Å². The Hall–Kier alpha value is -3.08. The Kier molecular flexibility index (Phi) is 4.15. The van der Waals surface area contributed by atoms with Gasteiger partial charge in [-0.05, 0) is 54.2 Å². The lowest BCUT2D eigenvalue weighted by Gasteiger charge is -2.32. The zero-order chi connectivity index (χ0) is 19.1. The standard InChI is InChI=1S/C23H22FN3O/c24-17-5-6-19-20(14-26-22(19)12-17)15-7-9-27(10-8-15)23(28)11-16-13-25-21-4-2-1-3-18(16)21/h1-6,12-15,25-26H,7-11H2. The fourth-order valence-corrected chi connectivity index (χ4v) is 4.45. The molecule has 4 nitrogen and oxygen atoms in total. The number of nitrogens with zero attached hydrogens (tertiary/aromatic N) is 1. The first-order valence-electron chi connectivity index (χ1n) is 9.78. The second-order valence-electron chi connectivity index (χ2n) is 7.63. The zero-order valence-corrected chi connectivity index (χ0v) is 15.5. The van der Waals surface area contributed by atoms with Crippen LogP contribution in [0.25, 0.3) is 21.8 Å². The second-order valence-corrected chi connectivity index (χ2v) is 7.63. The molecule has 1 saturated heterocycles. The molecule has 142 valence electrons. The molecule has 0 atom stereocenters. The number of amides is 1. The molecule has 28 heavy (non-hydrogen) atoms. The Morgan fingerprint density at radius 1 is 1.00 bits per heavy atom. The van der Waals surface area contributed by atoms with Crippen molar-refractivity contribution in [3.8, 4) is 0 Å². The van der Waals surface area contributed by atoms with Crippen LogP contribution in [0.2, 0.25) is 0 Å². The molecule has 1 amide bonds. The minimum absolute atomic E-state index is 0.184. The monoisotopic (exact) mass is 375 g/mol. The first-order valence-corrected chi connectivity index (χ1v) is 9.78. The van der Waals surface area contributed by atoms with Gasteiger partial charge in [0.05, 0.1) is 6.42 Å². The van der Waals surface area contributed by atoms with Crippen molar-refractivity contribution in [3.05, 3.63) is 71.8 Å². The molecule has 5 heteroatoms. The van der Waals surface area contributed by atoms with E-state index in [4.69, 9.17) is 0 Å². The number of rotatable bonds is 3. The van der Waals surface area contributed by atoms with Crippen LogP contribution in [0.5, 0.6) is 0 Å². The molecule has 2 N–H and O–H groups in total. The minimum Gasteiger partial charge on any atom is -0.361 e. The number of nitrogens with one attached hydrogen (secondary N) is 2. The lowest BCUT2D eigenvalue weighted by Crippen LogP contribution is -2.38. The van der Waals surface area contributed by atoms with E-state index < -0.39 is 0 Å². The molecule has 0 bridgehead atoms. The van der Waals surface area contributed by atoms with Crippen LogP contribution in [-0.2, 0) is 11.2 Å². The summed E-state index contributed by atoms with van der Waals surface area (Å²) >= 11 is 0. The fraction of sp³-hybridized carbons (Fsp3) is 0.261. The zero-order valence-electron chi connectivity index (χ0n) is 15.5. The first kappa shape index (κ1) is 17.0. The summed E-state index contributed by atoms with van der Waals surface area (Å²) in [5, 5.41) is 2.21. The summed E-state index contributed by atoms with van der Waals surface area (Å²) in [6, 6.07) is 13.0. The average Bonchev–Trinajstić information content (AvgIpc) is 3.32. The molecule has 0 saturated carbocycles. The van der Waals surface area contributed by atoms with E-state index in [0.29, 0.717) is 12.3 Å². The minimum atomic E-state index is -0.224. The normalized spacial score (nSPS) is 15.5. The predicted octanol–water partition coefficient (Wildman–Crippen LogP) is 4.74. The number of aromatic nitrogens is 2. The highest BCUT2D eigenvalue weighted by atomic mass is 19.1. The third kappa shape index (κ3) is 2.97. The van der Waals surface area contributed by atoms with Crippen LogP contribution in [0.1, 0.15) is 29.9 Å². The molecule has 4 aromatic rings. The van der Waals surface area contributed by atoms with E-state index in [9.17, 15) is 9.18 Å². The van der Waals surface area contributed by atoms with E-state index in [-0.39, 0.29) is 11.7 Å². The van der Waals surface area contributed by atoms with E-state index in [1.54, 1.807) is 6.07 Å². The van der Waals surface area contributed by atoms with Gasteiger partial charge in [-0.3, -0.25) is 4.79 Å². The predicted molar refractivity (Wildman–Crippen MR) is 109 cm³/mol. The number of halogens is 1. The number of benzene rings is 2. The maximum atomic E-state index is 13.4. The first-order chi connectivity index (χ1) is 13.7. The van der Waals surface area contributed by atoms with Crippen molar-refractivity contribution in [2.45, 2.75) is 25.2 Å². The van der Waals surface area contributed by atoms with Crippen molar-refractivity contribution in [2.75, 3.05) is 13.1 Å². The Balaban J connectivity index is 1.27. The van der Waals surface area contributed by atoms with Crippen LogP contribution < -0.4 is 0 Å². The van der Waals surface area contributed by atoms with Gasteiger partial charge in [0.2, 0.25) is 5.91 Å². The molecule has 0 unspecified atom stereocenters. The number of piperidine rings is 1. The number of carbonyl (C=O) groups is 1. The molecule has 0 aliphatic carbocycles. The fourth-order valence-electron chi connectivity index (χ4n) is 4.45. The van der Waals surface area contributed by atoms with Crippen molar-refractivity contribution < 1.29 is 9.18 Å². The van der Waals surface area contributed by atoms with Crippen LogP contribution in [0.15, 0.2) is 54.9 Å². The van der Waals surface area contributed by atoms with Crippen molar-refractivity contribution >= 4 is 27.7 Å². The van der Waals surface area contributed by atoms with Crippen molar-refractivity contribution in [3.63, 3.8) is 0 Å². The van der Waals surface area contributed by atoms with Gasteiger partial charge in [-0.2, -0.15) is 0 Å². The molecule has 1 aliphatic heterocycles. The summed E-state index contributed by atoms with van der Waals surface area (Å²) in [7, 11) is 0. The van der Waals surface area contributed by atoms with E-state index in [1.807, 2.05) is 41.6 Å². The number of para-hydroxylation sites is 1. The lowest BCUT2D eigenvalue weighted by molar-refractivity contribution is -0.131. The smallest absolute Gasteiger partial charge is 0.227 e. The lowest BCUT2D eigenvalue weighted by atomic mass is 9.89. The topological polar surface area (TPSA) is 51.9 Å². The Morgan fingerprint density at radius 2 is 1.79 bits per heavy atom. The van der Waals surface area contributed by atoms with E-state index in [2.05, 4.69) is 16.0 Å². The van der Waals surface area contributed by atoms with Gasteiger partial charge in [0.15, 0.2) is 0 Å². The Bertz CT molecular complexity index is 1150. The largest absolute Gasteiger partial charge is 0.361 e. The van der Waals surface area contributed by atoms with Gasteiger partial charge < -0.3 is 14.9 Å². The highest BCUT2D eigenvalue weighted by molar-refractivity contribution is 5.89. The van der Waals surface area contributed by atoms with Gasteiger partial charge >= 0.3 is 0 Å². The van der Waals surface area contributed by atoms with Crippen molar-refractivity contribution in [1.29, 1.82) is 0 Å². The quantitative estimate of drug-likeness (QED) is 0.534. The molecular formula is C23H22FN3O.